The van der Waals surface area contributed by atoms with E-state index < -0.39 is 22.4 Å². The number of esters is 4. The average Bonchev–Trinajstić information content (AvgIpc) is 0.887. The number of ether oxygens (including phenoxy) is 4. The lowest BCUT2D eigenvalue weighted by atomic mass is 9.65. The van der Waals surface area contributed by atoms with Crippen molar-refractivity contribution in [1.82, 2.24) is 0 Å². The summed E-state index contributed by atoms with van der Waals surface area (Å²) in [6.45, 7) is 16.8. The largest absolute Gasteiger partial charge is 0.454 e. The van der Waals surface area contributed by atoms with E-state index in [0.29, 0.717) is 49.4 Å². The van der Waals surface area contributed by atoms with E-state index in [-0.39, 0.29) is 23.9 Å². The molecule has 0 bridgehead atoms. The van der Waals surface area contributed by atoms with Crippen LogP contribution in [0.25, 0.3) is 0 Å². The van der Waals surface area contributed by atoms with Crippen molar-refractivity contribution >= 4 is 23.9 Å². The topological polar surface area (TPSA) is 105 Å². The Bertz CT molecular complexity index is 2790. The van der Waals surface area contributed by atoms with Crippen LogP contribution < -0.4 is 0 Å². The first-order valence-electron chi connectivity index (χ1n) is 40.6. The minimum atomic E-state index is -0.834. The van der Waals surface area contributed by atoms with Gasteiger partial charge in [0.15, 0.2) is 5.60 Å². The van der Waals surface area contributed by atoms with Gasteiger partial charge in [-0.05, 0) is 273 Å². The highest BCUT2D eigenvalue weighted by molar-refractivity contribution is 5.82. The van der Waals surface area contributed by atoms with Gasteiger partial charge in [0.2, 0.25) is 0 Å². The van der Waals surface area contributed by atoms with Gasteiger partial charge in [-0.2, -0.15) is 0 Å². The van der Waals surface area contributed by atoms with Crippen LogP contribution in [0.4, 0.5) is 0 Å². The molecule has 0 aromatic heterocycles. The maximum absolute atomic E-state index is 14.3. The molecule has 2 aromatic carbocycles. The molecular weight excluding hydrogens is 1180 g/mol. The third kappa shape index (κ3) is 19.7. The zero-order valence-corrected chi connectivity index (χ0v) is 60.9. The highest BCUT2D eigenvalue weighted by Crippen LogP contribution is 2.53. The maximum atomic E-state index is 14.3. The molecule has 2 aromatic rings. The van der Waals surface area contributed by atoms with E-state index in [1.165, 1.54) is 166 Å². The summed E-state index contributed by atoms with van der Waals surface area (Å²) < 4.78 is 26.2. The van der Waals surface area contributed by atoms with Crippen LogP contribution >= 0.6 is 0 Å². The summed E-state index contributed by atoms with van der Waals surface area (Å²) in [7, 11) is 0. The molecule has 0 atom stereocenters. The lowest BCUT2D eigenvalue weighted by Crippen LogP contribution is -2.40. The minimum absolute atomic E-state index is 0.136. The molecule has 0 aliphatic heterocycles. The fraction of sp³-hybridized carbons (Fsp3) is 0.750. The summed E-state index contributed by atoms with van der Waals surface area (Å²) in [5, 5.41) is 0. The summed E-state index contributed by atoms with van der Waals surface area (Å²) >= 11 is 0. The van der Waals surface area contributed by atoms with E-state index in [4.69, 9.17) is 18.9 Å². The molecule has 8 saturated carbocycles. The van der Waals surface area contributed by atoms with E-state index in [1.807, 2.05) is 0 Å². The van der Waals surface area contributed by atoms with Crippen molar-refractivity contribution in [2.45, 2.75) is 345 Å². The Morgan fingerprint density at radius 2 is 0.635 bits per heavy atom. The average molecular weight is 1320 g/mol. The number of benzene rings is 2. The van der Waals surface area contributed by atoms with E-state index in [1.54, 1.807) is 0 Å². The number of hydrogen-bond acceptors (Lipinski definition) is 8. The summed E-state index contributed by atoms with van der Waals surface area (Å²) in [5.74, 6) is 15.3. The van der Waals surface area contributed by atoms with Crippen LogP contribution in [0.3, 0.4) is 0 Å². The second kappa shape index (κ2) is 36.1. The highest BCUT2D eigenvalue weighted by atomic mass is 16.6. The predicted octanol–water partition coefficient (Wildman–Crippen LogP) is 23.1. The molecule has 10 rings (SSSR count). The SMILES string of the molecule is C=CC(=O)OC1(c2ccc(C#CC3(OC(=O)CCCCCCC(=O)OC4(c5ccc(C6(OC(=O)C=C)CCC(C7CCC(CCC)CC7)CC6)cc5)CCC(C5CCC(CCC)CC5)CC4)CCC(C4CCC(CCC)CC4)CC3)cc2)CCC(C2CCC(CCC)CC2)CC1. The Morgan fingerprint density at radius 1 is 0.365 bits per heavy atom. The Labute approximate surface area is 583 Å². The molecule has 8 heteroatoms. The quantitative estimate of drug-likeness (QED) is 0.0273. The summed E-state index contributed by atoms with van der Waals surface area (Å²) in [4.78, 5) is 54.4. The van der Waals surface area contributed by atoms with Gasteiger partial charge in [0.25, 0.3) is 0 Å². The molecule has 8 nitrogen and oxygen atoms in total. The van der Waals surface area contributed by atoms with Gasteiger partial charge in [-0.15, -0.1) is 0 Å². The third-order valence-electron chi connectivity index (χ3n) is 27.2. The molecule has 0 radical (unpaired) electrons. The van der Waals surface area contributed by atoms with E-state index >= 15 is 0 Å². The third-order valence-corrected chi connectivity index (χ3v) is 27.2. The number of hydrogen-bond donors (Lipinski definition) is 0. The fourth-order valence-corrected chi connectivity index (χ4v) is 21.4. The molecule has 96 heavy (non-hydrogen) atoms. The first-order valence-corrected chi connectivity index (χ1v) is 40.6. The van der Waals surface area contributed by atoms with Crippen molar-refractivity contribution in [1.29, 1.82) is 0 Å². The van der Waals surface area contributed by atoms with Crippen molar-refractivity contribution in [3.05, 3.63) is 96.1 Å². The van der Waals surface area contributed by atoms with Gasteiger partial charge < -0.3 is 18.9 Å². The Kier molecular flexibility index (Phi) is 27.9. The fourth-order valence-electron chi connectivity index (χ4n) is 21.4. The lowest BCUT2D eigenvalue weighted by Gasteiger charge is -2.44. The number of carbonyl (C=O) groups is 4. The normalized spacial score (nSPS) is 34.2. The second-order valence-electron chi connectivity index (χ2n) is 33.1. The van der Waals surface area contributed by atoms with Gasteiger partial charge in [0.05, 0.1) is 0 Å². The Morgan fingerprint density at radius 3 is 0.938 bits per heavy atom. The summed E-state index contributed by atoms with van der Waals surface area (Å²) in [6, 6.07) is 17.2. The van der Waals surface area contributed by atoms with Crippen molar-refractivity contribution in [3.8, 4) is 11.8 Å². The monoisotopic (exact) mass is 1310 g/mol. The van der Waals surface area contributed by atoms with Gasteiger partial charge in [-0.25, -0.2) is 9.59 Å². The molecule has 0 heterocycles. The highest BCUT2D eigenvalue weighted by Gasteiger charge is 2.47. The van der Waals surface area contributed by atoms with Gasteiger partial charge in [-0.3, -0.25) is 9.59 Å². The van der Waals surface area contributed by atoms with Gasteiger partial charge in [0.1, 0.15) is 16.8 Å². The first kappa shape index (κ1) is 74.1. The van der Waals surface area contributed by atoms with Crippen LogP contribution in [0.5, 0.6) is 0 Å². The summed E-state index contributed by atoms with van der Waals surface area (Å²) in [5.41, 5.74) is 1.12. The van der Waals surface area contributed by atoms with Crippen molar-refractivity contribution in [3.63, 3.8) is 0 Å². The molecule has 0 unspecified atom stereocenters. The molecule has 530 valence electrons. The first-order chi connectivity index (χ1) is 46.7. The van der Waals surface area contributed by atoms with E-state index in [9.17, 15) is 19.2 Å². The van der Waals surface area contributed by atoms with Crippen LogP contribution in [0.2, 0.25) is 0 Å². The van der Waals surface area contributed by atoms with E-state index in [0.717, 1.165) is 185 Å². The zero-order chi connectivity index (χ0) is 67.4. The molecular formula is C88H130O8. The predicted molar refractivity (Wildman–Crippen MR) is 389 cm³/mol. The number of rotatable bonds is 28. The lowest BCUT2D eigenvalue weighted by molar-refractivity contribution is -0.167. The molecule has 0 amide bonds. The molecule has 0 saturated heterocycles. The number of carbonyl (C=O) groups excluding carboxylic acids is 4. The van der Waals surface area contributed by atoms with Crippen molar-refractivity contribution in [2.75, 3.05) is 0 Å². The van der Waals surface area contributed by atoms with Crippen LogP contribution in [-0.2, 0) is 54.9 Å². The van der Waals surface area contributed by atoms with Crippen LogP contribution in [-0.4, -0.2) is 29.5 Å². The van der Waals surface area contributed by atoms with Crippen LogP contribution in [0.15, 0.2) is 73.8 Å². The van der Waals surface area contributed by atoms with Crippen molar-refractivity contribution < 1.29 is 38.1 Å². The molecule has 8 aliphatic rings. The second-order valence-corrected chi connectivity index (χ2v) is 33.1. The van der Waals surface area contributed by atoms with Crippen LogP contribution in [0.1, 0.15) is 345 Å². The molecule has 0 N–H and O–H groups in total. The standard InChI is InChI=1S/C88H130O8/c1-7-17-65-23-33-70(34-24-65)74-48-57-85(58-49-74,56-47-69-31-41-78(42-32-69)86(94-81(89)11-5)59-50-75(51-60-86)71-35-25-66(18-8-2)26-36-71)93-83(91)21-15-13-14-16-22-84(92)96-88(63-54-77(55-64-88)73-39-29-68(20-10-4)30-40-73)80-45-43-79(44-46-80)87(95-82(90)12-6)61-52-76(53-62-87)72-37-27-67(19-9-3)28-38-72/h11-12,31-32,41-46,65-68,70-77H,5-10,13-30,33-40,48-55,57-64H2,1-4H3. The van der Waals surface area contributed by atoms with Gasteiger partial charge in [-0.1, -0.05) is 199 Å². The maximum Gasteiger partial charge on any atom is 0.331 e. The van der Waals surface area contributed by atoms with Crippen molar-refractivity contribution in [2.24, 2.45) is 71.0 Å². The van der Waals surface area contributed by atoms with Gasteiger partial charge >= 0.3 is 23.9 Å². The number of unbranched alkanes of at least 4 members (excludes halogenated alkanes) is 3. The van der Waals surface area contributed by atoms with Gasteiger partial charge in [0, 0.05) is 30.6 Å². The molecule has 8 aliphatic carbocycles. The summed E-state index contributed by atoms with van der Waals surface area (Å²) in [6.07, 6.45) is 53.2. The molecule has 8 fully saturated rings. The zero-order valence-electron chi connectivity index (χ0n) is 60.9. The van der Waals surface area contributed by atoms with E-state index in [2.05, 4.69) is 101 Å². The molecule has 0 spiro atoms. The Balaban J connectivity index is 0.752. The smallest absolute Gasteiger partial charge is 0.331 e. The Hall–Kier alpha value is -4.64. The minimum Gasteiger partial charge on any atom is -0.454 e. The van der Waals surface area contributed by atoms with Crippen LogP contribution in [0, 0.1) is 82.9 Å².